The molecule has 1 aromatic rings. The van der Waals surface area contributed by atoms with E-state index < -0.39 is 0 Å². The van der Waals surface area contributed by atoms with Crippen molar-refractivity contribution in [2.24, 2.45) is 0 Å². The second-order valence-corrected chi connectivity index (χ2v) is 9.00. The van der Waals surface area contributed by atoms with Crippen LogP contribution in [0.2, 0.25) is 0 Å². The second kappa shape index (κ2) is 26.8. The van der Waals surface area contributed by atoms with Crippen LogP contribution in [0.25, 0.3) is 0 Å². The van der Waals surface area contributed by atoms with Crippen molar-refractivity contribution >= 4 is 24.0 Å². The van der Waals surface area contributed by atoms with Gasteiger partial charge in [0.2, 0.25) is 0 Å². The molecule has 0 bridgehead atoms. The first-order chi connectivity index (χ1) is 14.3. The van der Waals surface area contributed by atoms with Gasteiger partial charge in [-0.05, 0) is 26.1 Å². The van der Waals surface area contributed by atoms with Gasteiger partial charge in [-0.15, -0.1) is 24.0 Å². The van der Waals surface area contributed by atoms with Gasteiger partial charge in [0, 0.05) is 0 Å². The number of unbranched alkanes of at least 4 members (excludes halogenated alkanes) is 15. The number of rotatable bonds is 18. The zero-order chi connectivity index (χ0) is 21.4. The van der Waals surface area contributed by atoms with E-state index in [4.69, 9.17) is 11.6 Å². The molecule has 0 fully saturated rings. The molecule has 0 amide bonds. The fourth-order valence-corrected chi connectivity index (χ4v) is 4.00. The van der Waals surface area contributed by atoms with Crippen molar-refractivity contribution in [3.8, 4) is 0 Å². The lowest BCUT2D eigenvalue weighted by molar-refractivity contribution is 0.526. The highest BCUT2D eigenvalue weighted by Crippen LogP contribution is 2.26. The highest BCUT2D eigenvalue weighted by Gasteiger charge is 2.06. The molecular weight excluding hydrogens is 409 g/mol. The van der Waals surface area contributed by atoms with Crippen molar-refractivity contribution in [2.45, 2.75) is 121 Å². The van der Waals surface area contributed by atoms with Gasteiger partial charge in [-0.25, -0.2) is 0 Å². The smallest absolute Gasteiger partial charge is 0.0585 e. The Labute approximate surface area is 200 Å². The first-order valence-electron chi connectivity index (χ1n) is 12.5. The van der Waals surface area contributed by atoms with Crippen molar-refractivity contribution in [3.05, 3.63) is 35.9 Å². The first kappa shape index (κ1) is 31.9. The molecule has 1 nitrogen and oxygen atoms in total. The Morgan fingerprint density at radius 3 is 1.33 bits per heavy atom. The molecule has 3 heteroatoms. The van der Waals surface area contributed by atoms with Crippen LogP contribution in [-0.2, 0) is 0 Å². The number of nitrogens with one attached hydrogen (secondary N) is 1. The largest absolute Gasteiger partial charge is 0.323 e. The van der Waals surface area contributed by atoms with Gasteiger partial charge in [0.05, 0.1) is 5.38 Å². The van der Waals surface area contributed by atoms with Crippen LogP contribution in [0.15, 0.2) is 30.3 Å². The van der Waals surface area contributed by atoms with E-state index in [1.807, 2.05) is 14.1 Å². The van der Waals surface area contributed by atoms with Crippen molar-refractivity contribution in [1.29, 1.82) is 0 Å². The van der Waals surface area contributed by atoms with Gasteiger partial charge in [-0.2, -0.15) is 0 Å². The Hall–Kier alpha value is -0.240. The van der Waals surface area contributed by atoms with Crippen molar-refractivity contribution in [3.63, 3.8) is 0 Å². The lowest BCUT2D eigenvalue weighted by Crippen LogP contribution is -1.90. The van der Waals surface area contributed by atoms with E-state index in [1.165, 1.54) is 108 Å². The van der Waals surface area contributed by atoms with Crippen LogP contribution >= 0.6 is 24.0 Å². The monoisotopic (exact) mass is 459 g/mol. The van der Waals surface area contributed by atoms with Gasteiger partial charge < -0.3 is 5.32 Å². The maximum atomic E-state index is 6.47. The van der Waals surface area contributed by atoms with Crippen molar-refractivity contribution < 1.29 is 0 Å². The predicted octanol–water partition coefficient (Wildman–Crippen LogP) is 9.88. The van der Waals surface area contributed by atoms with Gasteiger partial charge >= 0.3 is 0 Å². The van der Waals surface area contributed by atoms with Crippen LogP contribution in [0.1, 0.15) is 127 Å². The van der Waals surface area contributed by atoms with Crippen LogP contribution in [-0.4, -0.2) is 14.1 Å². The molecule has 0 saturated heterocycles. The molecule has 1 atom stereocenters. The predicted molar refractivity (Wildman–Crippen MR) is 141 cm³/mol. The standard InChI is InChI=1S/C25H43Cl.C2H7N.ClH/c1-2-3-4-5-6-7-8-9-10-11-12-13-14-15-16-20-23-25(26)24-21-18-17-19-22-24;1-3-2;/h17-19,21-22,25H,2-16,20,23H2,1H3;3H,1-2H3;1H. The average molecular weight is 461 g/mol. The maximum Gasteiger partial charge on any atom is 0.0585 e. The number of benzene rings is 1. The molecule has 1 rings (SSSR count). The van der Waals surface area contributed by atoms with E-state index in [1.54, 1.807) is 0 Å². The molecule has 0 saturated carbocycles. The van der Waals surface area contributed by atoms with Gasteiger partial charge in [-0.1, -0.05) is 140 Å². The summed E-state index contributed by atoms with van der Waals surface area (Å²) in [6, 6.07) is 10.5. The number of hydrogen-bond acceptors (Lipinski definition) is 1. The molecule has 0 spiro atoms. The summed E-state index contributed by atoms with van der Waals surface area (Å²) >= 11 is 6.47. The van der Waals surface area contributed by atoms with Crippen LogP contribution in [0.4, 0.5) is 0 Å². The zero-order valence-electron chi connectivity index (χ0n) is 20.3. The van der Waals surface area contributed by atoms with Gasteiger partial charge in [0.1, 0.15) is 0 Å². The van der Waals surface area contributed by atoms with Crippen molar-refractivity contribution in [2.75, 3.05) is 14.1 Å². The third-order valence-corrected chi connectivity index (χ3v) is 5.94. The summed E-state index contributed by atoms with van der Waals surface area (Å²) in [5, 5.41) is 2.95. The molecule has 30 heavy (non-hydrogen) atoms. The maximum absolute atomic E-state index is 6.47. The average Bonchev–Trinajstić information content (AvgIpc) is 2.74. The van der Waals surface area contributed by atoms with Crippen LogP contribution < -0.4 is 5.32 Å². The summed E-state index contributed by atoms with van der Waals surface area (Å²) in [4.78, 5) is 0. The molecule has 1 N–H and O–H groups in total. The SMILES string of the molecule is CCCCCCCCCCCCCCCCCCC(Cl)c1ccccc1.CNC.Cl. The summed E-state index contributed by atoms with van der Waals surface area (Å²) < 4.78 is 0. The number of hydrogen-bond donors (Lipinski definition) is 1. The summed E-state index contributed by atoms with van der Waals surface area (Å²) in [6.07, 6.45) is 23.9. The normalized spacial score (nSPS) is 11.3. The highest BCUT2D eigenvalue weighted by atomic mass is 35.5. The van der Waals surface area contributed by atoms with Crippen LogP contribution in [0, 0.1) is 0 Å². The second-order valence-electron chi connectivity index (χ2n) is 8.47. The fraction of sp³-hybridized carbons (Fsp3) is 0.778. The lowest BCUT2D eigenvalue weighted by Gasteiger charge is -2.09. The fourth-order valence-electron chi connectivity index (χ4n) is 3.70. The van der Waals surface area contributed by atoms with E-state index in [0.717, 1.165) is 6.42 Å². The molecule has 0 heterocycles. The minimum absolute atomic E-state index is 0. The van der Waals surface area contributed by atoms with Crippen LogP contribution in [0.3, 0.4) is 0 Å². The van der Waals surface area contributed by atoms with E-state index >= 15 is 0 Å². The molecule has 0 aliphatic carbocycles. The first-order valence-corrected chi connectivity index (χ1v) is 13.0. The van der Waals surface area contributed by atoms with E-state index in [9.17, 15) is 0 Å². The summed E-state index contributed by atoms with van der Waals surface area (Å²) in [5.74, 6) is 0. The third kappa shape index (κ3) is 22.4. The van der Waals surface area contributed by atoms with Crippen LogP contribution in [0.5, 0.6) is 0 Å². The Balaban J connectivity index is 0. The van der Waals surface area contributed by atoms with Gasteiger partial charge in [0.25, 0.3) is 0 Å². The highest BCUT2D eigenvalue weighted by molar-refractivity contribution is 6.20. The Morgan fingerprint density at radius 1 is 0.633 bits per heavy atom. The molecular formula is C27H51Cl2N. The van der Waals surface area contributed by atoms with E-state index in [0.29, 0.717) is 0 Å². The Kier molecular flexibility index (Phi) is 28.5. The molecule has 1 aromatic carbocycles. The minimum Gasteiger partial charge on any atom is -0.323 e. The minimum atomic E-state index is 0. The van der Waals surface area contributed by atoms with E-state index in [2.05, 4.69) is 42.6 Å². The third-order valence-electron chi connectivity index (χ3n) is 5.47. The summed E-state index contributed by atoms with van der Waals surface area (Å²) in [6.45, 7) is 2.29. The Morgan fingerprint density at radius 2 is 0.967 bits per heavy atom. The quantitative estimate of drug-likeness (QED) is 0.170. The molecule has 1 unspecified atom stereocenters. The van der Waals surface area contributed by atoms with E-state index in [-0.39, 0.29) is 17.8 Å². The molecule has 0 aliphatic heterocycles. The van der Waals surface area contributed by atoms with Gasteiger partial charge in [0.15, 0.2) is 0 Å². The lowest BCUT2D eigenvalue weighted by atomic mass is 10.0. The molecule has 178 valence electrons. The number of halogens is 2. The Bertz CT molecular complexity index is 411. The van der Waals surface area contributed by atoms with Gasteiger partial charge in [-0.3, -0.25) is 0 Å². The molecule has 0 aromatic heterocycles. The summed E-state index contributed by atoms with van der Waals surface area (Å²) in [5.41, 5.74) is 1.27. The number of alkyl halides is 1. The van der Waals surface area contributed by atoms with Crippen molar-refractivity contribution in [1.82, 2.24) is 5.32 Å². The topological polar surface area (TPSA) is 12.0 Å². The molecule has 0 radical (unpaired) electrons. The zero-order valence-corrected chi connectivity index (χ0v) is 21.8. The summed E-state index contributed by atoms with van der Waals surface area (Å²) in [7, 11) is 3.75. The molecule has 0 aliphatic rings.